The maximum atomic E-state index is 11.1. The number of hydrogen-bond acceptors (Lipinski definition) is 7. The normalized spacial score (nSPS) is 15.6. The van der Waals surface area contributed by atoms with Crippen molar-refractivity contribution in [2.45, 2.75) is 18.8 Å². The number of anilines is 1. The molecule has 3 heterocycles. The number of primary amides is 1. The first kappa shape index (κ1) is 15.3. The van der Waals surface area contributed by atoms with Crippen LogP contribution in [0, 0.1) is 10.1 Å². The lowest BCUT2D eigenvalue weighted by Gasteiger charge is -2.32. The Labute approximate surface area is 136 Å². The first-order chi connectivity index (χ1) is 11.1. The number of thiazole rings is 1. The van der Waals surface area contributed by atoms with Crippen LogP contribution in [0.5, 0.6) is 0 Å². The van der Waals surface area contributed by atoms with Crippen LogP contribution in [0.2, 0.25) is 0 Å². The molecule has 0 aliphatic carbocycles. The zero-order valence-corrected chi connectivity index (χ0v) is 13.0. The second-order valence-electron chi connectivity index (χ2n) is 5.32. The Morgan fingerprint density at radius 1 is 1.43 bits per heavy atom. The summed E-state index contributed by atoms with van der Waals surface area (Å²) < 4.78 is 0. The Morgan fingerprint density at radius 3 is 2.78 bits per heavy atom. The minimum Gasteiger partial charge on any atom is -0.366 e. The molecule has 0 bridgehead atoms. The highest BCUT2D eigenvalue weighted by atomic mass is 32.1. The molecule has 0 unspecified atom stereocenters. The van der Waals surface area contributed by atoms with Gasteiger partial charge in [0.2, 0.25) is 0 Å². The number of nitrogens with zero attached hydrogens (tertiary/aromatic N) is 4. The average Bonchev–Trinajstić information content (AvgIpc) is 3.05. The molecule has 0 spiro atoms. The molecule has 8 nitrogen and oxygen atoms in total. The topological polar surface area (TPSA) is 115 Å². The quantitative estimate of drug-likeness (QED) is 0.675. The molecule has 1 saturated heterocycles. The Kier molecular flexibility index (Phi) is 4.20. The summed E-state index contributed by atoms with van der Waals surface area (Å²) >= 11 is 1.44. The van der Waals surface area contributed by atoms with E-state index >= 15 is 0 Å². The minimum atomic E-state index is -0.516. The molecule has 1 aliphatic heterocycles. The van der Waals surface area contributed by atoms with Crippen molar-refractivity contribution in [3.8, 4) is 0 Å². The third-order valence-electron chi connectivity index (χ3n) is 3.93. The number of hydrogen-bond donors (Lipinski definition) is 1. The van der Waals surface area contributed by atoms with Crippen LogP contribution in [0.25, 0.3) is 0 Å². The number of nitro groups is 1. The summed E-state index contributed by atoms with van der Waals surface area (Å²) in [5.74, 6) is -0.261. The van der Waals surface area contributed by atoms with E-state index in [1.807, 2.05) is 4.90 Å². The Bertz CT molecular complexity index is 740. The highest BCUT2D eigenvalue weighted by Crippen LogP contribution is 2.34. The van der Waals surface area contributed by atoms with Crippen LogP contribution in [-0.2, 0) is 0 Å². The summed E-state index contributed by atoms with van der Waals surface area (Å²) in [4.78, 5) is 31.9. The lowest BCUT2D eigenvalue weighted by Crippen LogP contribution is -2.33. The summed E-state index contributed by atoms with van der Waals surface area (Å²) in [6, 6.07) is 1.67. The minimum absolute atomic E-state index is 0.0243. The lowest BCUT2D eigenvalue weighted by molar-refractivity contribution is -0.384. The van der Waals surface area contributed by atoms with Crippen molar-refractivity contribution in [1.82, 2.24) is 9.97 Å². The first-order valence-electron chi connectivity index (χ1n) is 7.15. The van der Waals surface area contributed by atoms with Crippen LogP contribution in [-0.4, -0.2) is 33.9 Å². The van der Waals surface area contributed by atoms with E-state index in [-0.39, 0.29) is 11.6 Å². The van der Waals surface area contributed by atoms with Crippen LogP contribution in [0.3, 0.4) is 0 Å². The summed E-state index contributed by atoms with van der Waals surface area (Å²) in [5.41, 5.74) is 6.15. The first-order valence-corrected chi connectivity index (χ1v) is 8.03. The zero-order chi connectivity index (χ0) is 16.4. The van der Waals surface area contributed by atoms with Crippen LogP contribution >= 0.6 is 11.3 Å². The number of aromatic nitrogens is 2. The van der Waals surface area contributed by atoms with E-state index in [0.717, 1.165) is 17.8 Å². The van der Waals surface area contributed by atoms with E-state index in [2.05, 4.69) is 9.97 Å². The molecule has 1 aliphatic rings. The maximum Gasteiger partial charge on any atom is 0.310 e. The average molecular weight is 333 g/mol. The summed E-state index contributed by atoms with van der Waals surface area (Å²) in [5, 5.41) is 13.7. The van der Waals surface area contributed by atoms with Crippen molar-refractivity contribution in [2.24, 2.45) is 5.73 Å². The maximum absolute atomic E-state index is 11.1. The van der Waals surface area contributed by atoms with E-state index in [0.29, 0.717) is 24.5 Å². The number of carbonyl (C=O) groups excluding carboxylic acids is 1. The number of rotatable bonds is 4. The SMILES string of the molecule is NC(=O)c1csc(C2CCN(c3ccncc3[N+](=O)[O-])CC2)n1. The van der Waals surface area contributed by atoms with E-state index in [4.69, 9.17) is 5.73 Å². The molecule has 23 heavy (non-hydrogen) atoms. The Balaban J connectivity index is 1.71. The van der Waals surface area contributed by atoms with Gasteiger partial charge in [0.25, 0.3) is 5.91 Å². The molecule has 0 aromatic carbocycles. The van der Waals surface area contributed by atoms with E-state index < -0.39 is 10.8 Å². The molecule has 9 heteroatoms. The van der Waals surface area contributed by atoms with Crippen molar-refractivity contribution >= 4 is 28.6 Å². The fraction of sp³-hybridized carbons (Fsp3) is 0.357. The lowest BCUT2D eigenvalue weighted by atomic mass is 9.97. The van der Waals surface area contributed by atoms with E-state index in [1.54, 1.807) is 17.6 Å². The number of nitrogens with two attached hydrogens (primary N) is 1. The standard InChI is InChI=1S/C14H15N5O3S/c15-13(20)10-8-23-14(17-10)9-2-5-18(6-3-9)11-1-4-16-7-12(11)19(21)22/h1,4,7-9H,2-3,5-6H2,(H2,15,20). The van der Waals surface area contributed by atoms with Gasteiger partial charge < -0.3 is 10.6 Å². The predicted molar refractivity (Wildman–Crippen MR) is 85.7 cm³/mol. The molecule has 0 saturated carbocycles. The molecule has 2 N–H and O–H groups in total. The smallest absolute Gasteiger partial charge is 0.310 e. The fourth-order valence-corrected chi connectivity index (χ4v) is 3.72. The highest BCUT2D eigenvalue weighted by molar-refractivity contribution is 7.09. The number of carbonyl (C=O) groups is 1. The molecule has 2 aromatic heterocycles. The van der Waals surface area contributed by atoms with Crippen LogP contribution in [0.15, 0.2) is 23.8 Å². The van der Waals surface area contributed by atoms with Crippen LogP contribution < -0.4 is 10.6 Å². The monoisotopic (exact) mass is 333 g/mol. The van der Waals surface area contributed by atoms with Gasteiger partial charge in [-0.1, -0.05) is 0 Å². The van der Waals surface area contributed by atoms with Gasteiger partial charge >= 0.3 is 5.69 Å². The van der Waals surface area contributed by atoms with Gasteiger partial charge in [-0.25, -0.2) is 4.98 Å². The molecule has 1 fully saturated rings. The van der Waals surface area contributed by atoms with Gasteiger partial charge in [-0.05, 0) is 18.9 Å². The van der Waals surface area contributed by atoms with Crippen molar-refractivity contribution < 1.29 is 9.72 Å². The van der Waals surface area contributed by atoms with Gasteiger partial charge in [-0.2, -0.15) is 0 Å². The van der Waals surface area contributed by atoms with Crippen LogP contribution in [0.1, 0.15) is 34.3 Å². The molecule has 3 rings (SSSR count). The van der Waals surface area contributed by atoms with E-state index in [1.165, 1.54) is 17.5 Å². The largest absolute Gasteiger partial charge is 0.366 e. The van der Waals surface area contributed by atoms with Crippen molar-refractivity contribution in [3.05, 3.63) is 44.7 Å². The molecule has 0 atom stereocenters. The van der Waals surface area contributed by atoms with Crippen molar-refractivity contribution in [3.63, 3.8) is 0 Å². The molecular weight excluding hydrogens is 318 g/mol. The molecule has 2 aromatic rings. The van der Waals surface area contributed by atoms with Gasteiger partial charge in [0.15, 0.2) is 0 Å². The summed E-state index contributed by atoms with van der Waals surface area (Å²) in [6.45, 7) is 1.39. The third kappa shape index (κ3) is 3.14. The predicted octanol–water partition coefficient (Wildman–Crippen LogP) is 1.93. The number of piperidine rings is 1. The highest BCUT2D eigenvalue weighted by Gasteiger charge is 2.27. The van der Waals surface area contributed by atoms with Gasteiger partial charge in [-0.15, -0.1) is 11.3 Å². The Morgan fingerprint density at radius 2 is 2.17 bits per heavy atom. The number of amides is 1. The summed E-state index contributed by atoms with van der Waals surface area (Å²) in [7, 11) is 0. The van der Waals surface area contributed by atoms with Crippen molar-refractivity contribution in [1.29, 1.82) is 0 Å². The summed E-state index contributed by atoms with van der Waals surface area (Å²) in [6.07, 6.45) is 4.49. The fourth-order valence-electron chi connectivity index (χ4n) is 2.74. The van der Waals surface area contributed by atoms with Gasteiger partial charge in [0.05, 0.1) is 9.93 Å². The van der Waals surface area contributed by atoms with Crippen molar-refractivity contribution in [2.75, 3.05) is 18.0 Å². The van der Waals surface area contributed by atoms with Gasteiger partial charge in [0, 0.05) is 30.6 Å². The molecule has 120 valence electrons. The third-order valence-corrected chi connectivity index (χ3v) is 4.94. The Hall–Kier alpha value is -2.55. The van der Waals surface area contributed by atoms with E-state index in [9.17, 15) is 14.9 Å². The zero-order valence-electron chi connectivity index (χ0n) is 12.2. The molecule has 1 amide bonds. The molecular formula is C14H15N5O3S. The number of pyridine rings is 1. The van der Waals surface area contributed by atoms with Crippen LogP contribution in [0.4, 0.5) is 11.4 Å². The second-order valence-corrected chi connectivity index (χ2v) is 6.21. The van der Waals surface area contributed by atoms with Gasteiger partial charge in [0.1, 0.15) is 17.6 Å². The molecule has 0 radical (unpaired) electrons. The second kappa shape index (κ2) is 6.29. The van der Waals surface area contributed by atoms with Gasteiger partial charge in [-0.3, -0.25) is 19.9 Å².